The predicted molar refractivity (Wildman–Crippen MR) is 53.9 cm³/mol. The summed E-state index contributed by atoms with van der Waals surface area (Å²) in [6.45, 7) is 0.0837. The summed E-state index contributed by atoms with van der Waals surface area (Å²) in [5.41, 5.74) is 1.09. The van der Waals surface area contributed by atoms with E-state index in [4.69, 9.17) is 0 Å². The van der Waals surface area contributed by atoms with E-state index in [2.05, 4.69) is 4.98 Å². The van der Waals surface area contributed by atoms with Gasteiger partial charge in [-0.25, -0.2) is 4.98 Å². The van der Waals surface area contributed by atoms with Crippen molar-refractivity contribution < 1.29 is 5.11 Å². The van der Waals surface area contributed by atoms with E-state index in [9.17, 15) is 5.11 Å². The number of nitrogens with zero attached hydrogens (tertiary/aromatic N) is 2. The fourth-order valence-corrected chi connectivity index (χ4v) is 1.50. The number of hydrogen-bond acceptors (Lipinski definition) is 2. The van der Waals surface area contributed by atoms with Crippen LogP contribution in [0, 0.1) is 0 Å². The van der Waals surface area contributed by atoms with Crippen LogP contribution in [0.2, 0.25) is 0 Å². The number of hydrogen-bond donors (Lipinski definition) is 1. The topological polar surface area (TPSA) is 38.0 Å². The van der Waals surface area contributed by atoms with Gasteiger partial charge in [0.15, 0.2) is 0 Å². The van der Waals surface area contributed by atoms with Gasteiger partial charge < -0.3 is 9.67 Å². The number of aliphatic hydroxyl groups is 1. The molecule has 0 aliphatic carbocycles. The van der Waals surface area contributed by atoms with Gasteiger partial charge in [0, 0.05) is 12.4 Å². The average Bonchev–Trinajstić information content (AvgIpc) is 2.74. The van der Waals surface area contributed by atoms with Crippen molar-refractivity contribution in [3.8, 4) is 0 Å². The predicted octanol–water partition coefficient (Wildman–Crippen LogP) is 1.46. The maximum Gasteiger partial charge on any atom is 0.0952 e. The summed E-state index contributed by atoms with van der Waals surface area (Å²) in [5, 5.41) is 9.30. The van der Waals surface area contributed by atoms with Crippen LogP contribution >= 0.6 is 0 Å². The summed E-state index contributed by atoms with van der Waals surface area (Å²) in [7, 11) is 0. The Kier molecular flexibility index (Phi) is 2.60. The summed E-state index contributed by atoms with van der Waals surface area (Å²) in [4.78, 5) is 3.97. The second-order valence-corrected chi connectivity index (χ2v) is 3.12. The Labute approximate surface area is 82.7 Å². The van der Waals surface area contributed by atoms with Crippen molar-refractivity contribution in [1.82, 2.24) is 9.55 Å². The lowest BCUT2D eigenvalue weighted by Crippen LogP contribution is -2.12. The Morgan fingerprint density at radius 3 is 2.64 bits per heavy atom. The molecule has 1 heterocycles. The van der Waals surface area contributed by atoms with Crippen LogP contribution < -0.4 is 0 Å². The van der Waals surface area contributed by atoms with E-state index in [1.165, 1.54) is 0 Å². The molecule has 0 radical (unpaired) electrons. The lowest BCUT2D eigenvalue weighted by molar-refractivity contribution is 0.249. The van der Waals surface area contributed by atoms with Gasteiger partial charge in [-0.15, -0.1) is 0 Å². The van der Waals surface area contributed by atoms with Gasteiger partial charge >= 0.3 is 0 Å². The van der Waals surface area contributed by atoms with Gasteiger partial charge in [0.2, 0.25) is 0 Å². The molecule has 0 spiro atoms. The van der Waals surface area contributed by atoms with Crippen molar-refractivity contribution in [2.24, 2.45) is 0 Å². The quantitative estimate of drug-likeness (QED) is 0.792. The smallest absolute Gasteiger partial charge is 0.0952 e. The molecule has 3 heteroatoms. The minimum Gasteiger partial charge on any atom is -0.394 e. The van der Waals surface area contributed by atoms with Crippen LogP contribution in [-0.4, -0.2) is 21.3 Å². The van der Waals surface area contributed by atoms with E-state index in [1.54, 1.807) is 12.5 Å². The number of aliphatic hydroxyl groups excluding tert-OH is 1. The molecule has 14 heavy (non-hydrogen) atoms. The average molecular weight is 188 g/mol. The third-order valence-corrected chi connectivity index (χ3v) is 2.24. The zero-order chi connectivity index (χ0) is 9.80. The number of aromatic nitrogens is 2. The van der Waals surface area contributed by atoms with Gasteiger partial charge in [-0.2, -0.15) is 0 Å². The summed E-state index contributed by atoms with van der Waals surface area (Å²) in [5.74, 6) is 0. The van der Waals surface area contributed by atoms with E-state index in [-0.39, 0.29) is 12.6 Å². The van der Waals surface area contributed by atoms with Gasteiger partial charge in [-0.1, -0.05) is 30.3 Å². The summed E-state index contributed by atoms with van der Waals surface area (Å²) in [6, 6.07) is 9.87. The Hall–Kier alpha value is -1.61. The van der Waals surface area contributed by atoms with Crippen LogP contribution in [-0.2, 0) is 0 Å². The van der Waals surface area contributed by atoms with E-state index in [0.29, 0.717) is 0 Å². The molecule has 2 aromatic rings. The van der Waals surface area contributed by atoms with Gasteiger partial charge in [-0.05, 0) is 5.56 Å². The van der Waals surface area contributed by atoms with Crippen LogP contribution in [0.4, 0.5) is 0 Å². The highest BCUT2D eigenvalue weighted by Gasteiger charge is 2.10. The molecule has 0 amide bonds. The molecule has 1 N–H and O–H groups in total. The van der Waals surface area contributed by atoms with Crippen molar-refractivity contribution in [1.29, 1.82) is 0 Å². The molecule has 1 aromatic heterocycles. The molecule has 1 aromatic carbocycles. The molecular formula is C11H12N2O. The molecule has 72 valence electrons. The van der Waals surface area contributed by atoms with Gasteiger partial charge in [-0.3, -0.25) is 0 Å². The summed E-state index contributed by atoms with van der Waals surface area (Å²) < 4.78 is 1.90. The Morgan fingerprint density at radius 2 is 2.07 bits per heavy atom. The highest BCUT2D eigenvalue weighted by molar-refractivity contribution is 5.19. The first-order valence-corrected chi connectivity index (χ1v) is 4.55. The van der Waals surface area contributed by atoms with Crippen molar-refractivity contribution in [2.45, 2.75) is 6.04 Å². The van der Waals surface area contributed by atoms with Crippen LogP contribution in [0.25, 0.3) is 0 Å². The first-order chi connectivity index (χ1) is 6.92. The number of imidazole rings is 1. The fourth-order valence-electron chi connectivity index (χ4n) is 1.50. The standard InChI is InChI=1S/C11H12N2O/c14-8-11(13-7-6-12-9-13)10-4-2-1-3-5-10/h1-7,9,11,14H,8H2/t11-/m1/s1. The molecule has 0 unspecified atom stereocenters. The van der Waals surface area contributed by atoms with Crippen LogP contribution in [0.3, 0.4) is 0 Å². The minimum absolute atomic E-state index is 0.0290. The van der Waals surface area contributed by atoms with Crippen LogP contribution in [0.1, 0.15) is 11.6 Å². The fraction of sp³-hybridized carbons (Fsp3) is 0.182. The third-order valence-electron chi connectivity index (χ3n) is 2.24. The molecule has 0 aliphatic rings. The number of rotatable bonds is 3. The van der Waals surface area contributed by atoms with Gasteiger partial charge in [0.1, 0.15) is 0 Å². The van der Waals surface area contributed by atoms with E-state index >= 15 is 0 Å². The first-order valence-electron chi connectivity index (χ1n) is 4.55. The molecule has 2 rings (SSSR count). The van der Waals surface area contributed by atoms with Crippen molar-refractivity contribution in [3.05, 3.63) is 54.6 Å². The molecule has 0 aliphatic heterocycles. The second-order valence-electron chi connectivity index (χ2n) is 3.12. The monoisotopic (exact) mass is 188 g/mol. The molecule has 1 atom stereocenters. The Balaban J connectivity index is 2.31. The maximum atomic E-state index is 9.30. The highest BCUT2D eigenvalue weighted by atomic mass is 16.3. The van der Waals surface area contributed by atoms with Crippen molar-refractivity contribution in [3.63, 3.8) is 0 Å². The summed E-state index contributed by atoms with van der Waals surface area (Å²) in [6.07, 6.45) is 5.29. The van der Waals surface area contributed by atoms with E-state index in [0.717, 1.165) is 5.56 Å². The van der Waals surface area contributed by atoms with E-state index in [1.807, 2.05) is 41.1 Å². The second kappa shape index (κ2) is 4.07. The molecule has 0 saturated heterocycles. The van der Waals surface area contributed by atoms with Crippen molar-refractivity contribution in [2.75, 3.05) is 6.61 Å². The minimum atomic E-state index is -0.0290. The van der Waals surface area contributed by atoms with E-state index < -0.39 is 0 Å². The Morgan fingerprint density at radius 1 is 1.29 bits per heavy atom. The third kappa shape index (κ3) is 1.67. The van der Waals surface area contributed by atoms with Crippen molar-refractivity contribution >= 4 is 0 Å². The number of benzene rings is 1. The normalized spacial score (nSPS) is 12.6. The molecule has 0 fully saturated rings. The zero-order valence-corrected chi connectivity index (χ0v) is 7.74. The highest BCUT2D eigenvalue weighted by Crippen LogP contribution is 2.16. The Bertz CT molecular complexity index is 369. The zero-order valence-electron chi connectivity index (χ0n) is 7.74. The van der Waals surface area contributed by atoms with Gasteiger partial charge in [0.05, 0.1) is 19.0 Å². The molecular weight excluding hydrogens is 176 g/mol. The molecule has 3 nitrogen and oxygen atoms in total. The van der Waals surface area contributed by atoms with Gasteiger partial charge in [0.25, 0.3) is 0 Å². The van der Waals surface area contributed by atoms with Crippen LogP contribution in [0.5, 0.6) is 0 Å². The van der Waals surface area contributed by atoms with Crippen LogP contribution in [0.15, 0.2) is 49.1 Å². The summed E-state index contributed by atoms with van der Waals surface area (Å²) >= 11 is 0. The maximum absolute atomic E-state index is 9.30. The molecule has 0 bridgehead atoms. The molecule has 0 saturated carbocycles. The lowest BCUT2D eigenvalue weighted by atomic mass is 10.1. The lowest BCUT2D eigenvalue weighted by Gasteiger charge is -2.15. The first kappa shape index (κ1) is 8.97. The largest absolute Gasteiger partial charge is 0.394 e. The SMILES string of the molecule is OC[C@H](c1ccccc1)n1ccnc1.